The van der Waals surface area contributed by atoms with Crippen LogP contribution in [0.25, 0.3) is 10.9 Å². The highest BCUT2D eigenvalue weighted by molar-refractivity contribution is 6.27. The molecule has 1 aliphatic heterocycles. The number of phenolic OH excluding ortho intramolecular Hbond substituents is 1. The summed E-state index contributed by atoms with van der Waals surface area (Å²) in [5, 5.41) is 28.9. The van der Waals surface area contributed by atoms with Crippen LogP contribution in [0.1, 0.15) is 18.4 Å². The number of hydrogen-bond donors (Lipinski definition) is 5. The predicted molar refractivity (Wildman–Crippen MR) is 117 cm³/mol. The van der Waals surface area contributed by atoms with Crippen molar-refractivity contribution in [1.29, 1.82) is 0 Å². The zero-order valence-corrected chi connectivity index (χ0v) is 17.4. The lowest BCUT2D eigenvalue weighted by Gasteiger charge is -2.26. The van der Waals surface area contributed by atoms with Crippen LogP contribution in [0.2, 0.25) is 0 Å². The molecule has 1 aromatic heterocycles. The first-order valence-electron chi connectivity index (χ1n) is 10.3. The number of carboxylic acids is 2. The Labute approximate surface area is 184 Å². The summed E-state index contributed by atoms with van der Waals surface area (Å²) in [6.45, 7) is 2.37. The van der Waals surface area contributed by atoms with Gasteiger partial charge >= 0.3 is 11.9 Å². The third-order valence-electron chi connectivity index (χ3n) is 4.95. The fraction of sp³-hybridized carbons (Fsp3) is 0.304. The minimum atomic E-state index is -1.82. The first kappa shape index (κ1) is 23.0. The van der Waals surface area contributed by atoms with Crippen molar-refractivity contribution < 1.29 is 34.4 Å². The second-order valence-corrected chi connectivity index (χ2v) is 7.28. The zero-order valence-electron chi connectivity index (χ0n) is 17.4. The summed E-state index contributed by atoms with van der Waals surface area (Å²) in [6, 6.07) is 13.5. The average molecular weight is 442 g/mol. The molecule has 1 aliphatic rings. The monoisotopic (exact) mass is 442 g/mol. The number of aryl methyl sites for hydroxylation is 1. The number of nitrogens with one attached hydrogen (secondary N) is 2. The summed E-state index contributed by atoms with van der Waals surface area (Å²) in [6.07, 6.45) is 5.01. The number of fused-ring (bicyclic) bond motifs is 2. The van der Waals surface area contributed by atoms with E-state index in [2.05, 4.69) is 10.3 Å². The van der Waals surface area contributed by atoms with Crippen molar-refractivity contribution in [3.63, 3.8) is 0 Å². The van der Waals surface area contributed by atoms with Gasteiger partial charge in [-0.1, -0.05) is 12.1 Å². The average Bonchev–Trinajstić information content (AvgIpc) is 3.26. The smallest absolute Gasteiger partial charge is 0.414 e. The highest BCUT2D eigenvalue weighted by atomic mass is 16.5. The Hall–Kier alpha value is -3.72. The van der Waals surface area contributed by atoms with Crippen LogP contribution in [-0.4, -0.2) is 58.0 Å². The maximum Gasteiger partial charge on any atom is 0.414 e. The molecular weight excluding hydrogens is 416 g/mol. The standard InChI is InChI=1S/C21H24N2O3.C2H2O4/c24-16-7-5-15-6-8-17(26-21(15)13-16)14-22-10-2-12-25-20-4-1-3-19-18(20)9-11-23-19;3-1(4)2(5)6/h1,3-5,7,9,11,13,17,22-24H,2,6,8,10,12,14H2;(H,3,4)(H,5,6). The highest BCUT2D eigenvalue weighted by Crippen LogP contribution is 2.30. The van der Waals surface area contributed by atoms with E-state index < -0.39 is 11.9 Å². The third kappa shape index (κ3) is 6.39. The number of aromatic amines is 1. The van der Waals surface area contributed by atoms with Crippen molar-refractivity contribution in [2.75, 3.05) is 19.7 Å². The first-order valence-corrected chi connectivity index (χ1v) is 10.3. The zero-order chi connectivity index (χ0) is 22.9. The summed E-state index contributed by atoms with van der Waals surface area (Å²) in [5.74, 6) is -1.65. The van der Waals surface area contributed by atoms with Gasteiger partial charge in [-0.3, -0.25) is 0 Å². The minimum absolute atomic E-state index is 0.152. The Morgan fingerprint density at radius 2 is 1.97 bits per heavy atom. The topological polar surface area (TPSA) is 141 Å². The van der Waals surface area contributed by atoms with Crippen LogP contribution in [0.3, 0.4) is 0 Å². The van der Waals surface area contributed by atoms with Crippen LogP contribution in [0.15, 0.2) is 48.7 Å². The summed E-state index contributed by atoms with van der Waals surface area (Å²) >= 11 is 0. The predicted octanol–water partition coefficient (Wildman–Crippen LogP) is 2.78. The number of rotatable bonds is 7. The number of benzene rings is 2. The van der Waals surface area contributed by atoms with Crippen LogP contribution in [-0.2, 0) is 16.0 Å². The maximum absolute atomic E-state index is 9.58. The molecule has 0 radical (unpaired) electrons. The molecule has 0 saturated heterocycles. The molecule has 0 amide bonds. The molecule has 9 heteroatoms. The number of H-pyrrole nitrogens is 1. The second-order valence-electron chi connectivity index (χ2n) is 7.28. The largest absolute Gasteiger partial charge is 0.508 e. The lowest BCUT2D eigenvalue weighted by atomic mass is 10.0. The normalized spacial score (nSPS) is 14.6. The fourth-order valence-corrected chi connectivity index (χ4v) is 3.38. The van der Waals surface area contributed by atoms with Gasteiger partial charge in [-0.25, -0.2) is 9.59 Å². The van der Waals surface area contributed by atoms with Crippen LogP contribution in [0.5, 0.6) is 17.2 Å². The summed E-state index contributed by atoms with van der Waals surface area (Å²) < 4.78 is 11.9. The number of hydrogen-bond acceptors (Lipinski definition) is 6. The first-order chi connectivity index (χ1) is 15.4. The van der Waals surface area contributed by atoms with E-state index in [0.29, 0.717) is 6.61 Å². The Morgan fingerprint density at radius 3 is 2.75 bits per heavy atom. The number of aromatic nitrogens is 1. The van der Waals surface area contributed by atoms with Gasteiger partial charge in [-0.05, 0) is 55.6 Å². The van der Waals surface area contributed by atoms with E-state index in [1.165, 1.54) is 5.56 Å². The van der Waals surface area contributed by atoms with Gasteiger partial charge in [0.05, 0.1) is 6.61 Å². The van der Waals surface area contributed by atoms with Crippen molar-refractivity contribution in [1.82, 2.24) is 10.3 Å². The number of ether oxygens (including phenoxy) is 2. The Kier molecular flexibility index (Phi) is 7.93. The Balaban J connectivity index is 0.000000427. The van der Waals surface area contributed by atoms with Crippen molar-refractivity contribution in [2.24, 2.45) is 0 Å². The summed E-state index contributed by atoms with van der Waals surface area (Å²) in [4.78, 5) is 21.4. The van der Waals surface area contributed by atoms with E-state index in [-0.39, 0.29) is 11.9 Å². The summed E-state index contributed by atoms with van der Waals surface area (Å²) in [5.41, 5.74) is 2.27. The van der Waals surface area contributed by atoms with E-state index in [0.717, 1.165) is 54.8 Å². The minimum Gasteiger partial charge on any atom is -0.508 e. The Morgan fingerprint density at radius 1 is 1.16 bits per heavy atom. The quantitative estimate of drug-likeness (QED) is 0.278. The molecule has 1 unspecified atom stereocenters. The van der Waals surface area contributed by atoms with Gasteiger partial charge in [-0.2, -0.15) is 0 Å². The third-order valence-corrected chi connectivity index (χ3v) is 4.95. The van der Waals surface area contributed by atoms with Gasteiger partial charge in [0.1, 0.15) is 23.4 Å². The molecule has 2 heterocycles. The van der Waals surface area contributed by atoms with E-state index >= 15 is 0 Å². The molecular formula is C23H26N2O7. The molecule has 4 rings (SSSR count). The van der Waals surface area contributed by atoms with Gasteiger partial charge in [0.15, 0.2) is 0 Å². The molecule has 170 valence electrons. The lowest BCUT2D eigenvalue weighted by Crippen LogP contribution is -2.34. The molecule has 0 spiro atoms. The molecule has 5 N–H and O–H groups in total. The second kappa shape index (κ2) is 11.1. The van der Waals surface area contributed by atoms with E-state index in [9.17, 15) is 5.11 Å². The molecule has 2 aromatic carbocycles. The number of aliphatic carboxylic acids is 2. The lowest BCUT2D eigenvalue weighted by molar-refractivity contribution is -0.159. The number of carboxylic acid groups (broad SMARTS) is 2. The number of aromatic hydroxyl groups is 1. The molecule has 0 saturated carbocycles. The van der Waals surface area contributed by atoms with Crippen LogP contribution < -0.4 is 14.8 Å². The van der Waals surface area contributed by atoms with Crippen molar-refractivity contribution in [3.05, 3.63) is 54.2 Å². The van der Waals surface area contributed by atoms with Gasteiger partial charge in [-0.15, -0.1) is 0 Å². The van der Waals surface area contributed by atoms with Crippen LogP contribution in [0.4, 0.5) is 0 Å². The number of phenols is 1. The summed E-state index contributed by atoms with van der Waals surface area (Å²) in [7, 11) is 0. The molecule has 1 atom stereocenters. The highest BCUT2D eigenvalue weighted by Gasteiger charge is 2.19. The van der Waals surface area contributed by atoms with Gasteiger partial charge in [0.25, 0.3) is 0 Å². The van der Waals surface area contributed by atoms with Crippen LogP contribution in [0, 0.1) is 0 Å². The SMILES string of the molecule is O=C(O)C(=O)O.Oc1ccc2c(c1)OC(CNCCCOc1cccc3[nH]ccc13)CC2. The van der Waals surface area contributed by atoms with Gasteiger partial charge < -0.3 is 35.1 Å². The molecule has 0 bridgehead atoms. The van der Waals surface area contributed by atoms with Gasteiger partial charge in [0.2, 0.25) is 0 Å². The molecule has 3 aromatic rings. The molecule has 0 fully saturated rings. The molecule has 32 heavy (non-hydrogen) atoms. The molecule has 0 aliphatic carbocycles. The van der Waals surface area contributed by atoms with Crippen molar-refractivity contribution in [3.8, 4) is 17.2 Å². The van der Waals surface area contributed by atoms with E-state index in [1.807, 2.05) is 36.5 Å². The van der Waals surface area contributed by atoms with Crippen molar-refractivity contribution >= 4 is 22.8 Å². The van der Waals surface area contributed by atoms with Crippen molar-refractivity contribution in [2.45, 2.75) is 25.4 Å². The van der Waals surface area contributed by atoms with E-state index in [1.54, 1.807) is 12.1 Å². The van der Waals surface area contributed by atoms with Crippen LogP contribution >= 0.6 is 0 Å². The van der Waals surface area contributed by atoms with E-state index in [4.69, 9.17) is 29.3 Å². The van der Waals surface area contributed by atoms with Gasteiger partial charge in [0, 0.05) is 29.7 Å². The maximum atomic E-state index is 9.58. The number of carbonyl (C=O) groups is 2. The Bertz CT molecular complexity index is 1050. The molecule has 9 nitrogen and oxygen atoms in total. The fourth-order valence-electron chi connectivity index (χ4n) is 3.38.